The van der Waals surface area contributed by atoms with Crippen LogP contribution in [-0.4, -0.2) is 31.0 Å². The van der Waals surface area contributed by atoms with Crippen molar-refractivity contribution in [2.24, 2.45) is 7.05 Å². The zero-order valence-electron chi connectivity index (χ0n) is 13.0. The number of fused-ring (bicyclic) bond motifs is 2. The largest absolute Gasteiger partial charge is 0.330 e. The number of para-hydroxylation sites is 2. The Balaban J connectivity index is 1.59. The molecule has 0 amide bonds. The number of aryl methyl sites for hydroxylation is 2. The van der Waals surface area contributed by atoms with Gasteiger partial charge in [0.25, 0.3) is 0 Å². The fraction of sp³-hybridized carbons (Fsp3) is 0.353. The molecule has 3 heterocycles. The molecular formula is C17H19N5. The van der Waals surface area contributed by atoms with Crippen molar-refractivity contribution < 1.29 is 0 Å². The summed E-state index contributed by atoms with van der Waals surface area (Å²) in [5.41, 5.74) is 4.70. The molecule has 5 heteroatoms. The molecule has 0 spiro atoms. The highest BCUT2D eigenvalue weighted by atomic mass is 15.2. The summed E-state index contributed by atoms with van der Waals surface area (Å²) < 4.78 is 2.19. The molecule has 0 fully saturated rings. The minimum atomic E-state index is 0.860. The van der Waals surface area contributed by atoms with Crippen molar-refractivity contribution in [2.45, 2.75) is 26.4 Å². The minimum Gasteiger partial charge on any atom is -0.330 e. The van der Waals surface area contributed by atoms with Crippen LogP contribution in [0.5, 0.6) is 0 Å². The summed E-state index contributed by atoms with van der Waals surface area (Å²) in [6, 6.07) is 8.29. The zero-order valence-corrected chi connectivity index (χ0v) is 13.0. The van der Waals surface area contributed by atoms with Crippen molar-refractivity contribution in [3.05, 3.63) is 53.4 Å². The maximum Gasteiger partial charge on any atom is 0.125 e. The van der Waals surface area contributed by atoms with Crippen LogP contribution in [0.1, 0.15) is 22.9 Å². The fourth-order valence-electron chi connectivity index (χ4n) is 3.15. The van der Waals surface area contributed by atoms with Gasteiger partial charge in [0.05, 0.1) is 17.6 Å². The molecule has 4 rings (SSSR count). The Morgan fingerprint density at radius 3 is 2.91 bits per heavy atom. The van der Waals surface area contributed by atoms with Crippen LogP contribution in [0.2, 0.25) is 0 Å². The summed E-state index contributed by atoms with van der Waals surface area (Å²) in [6.45, 7) is 4.73. The van der Waals surface area contributed by atoms with Gasteiger partial charge in [-0.1, -0.05) is 12.1 Å². The quantitative estimate of drug-likeness (QED) is 0.727. The van der Waals surface area contributed by atoms with E-state index >= 15 is 0 Å². The molecule has 0 unspecified atom stereocenters. The SMILES string of the molecule is Cc1ncc2c(n1)CCN(Cc1nc3ccccc3n1C)C2. The number of aromatic nitrogens is 4. The van der Waals surface area contributed by atoms with Gasteiger partial charge in [-0.25, -0.2) is 15.0 Å². The van der Waals surface area contributed by atoms with E-state index in [-0.39, 0.29) is 0 Å². The third kappa shape index (κ3) is 2.27. The predicted molar refractivity (Wildman–Crippen MR) is 85.3 cm³/mol. The second-order valence-corrected chi connectivity index (χ2v) is 5.93. The first-order valence-corrected chi connectivity index (χ1v) is 7.65. The Labute approximate surface area is 129 Å². The van der Waals surface area contributed by atoms with Crippen molar-refractivity contribution in [2.75, 3.05) is 6.54 Å². The summed E-state index contributed by atoms with van der Waals surface area (Å²) in [5, 5.41) is 0. The van der Waals surface area contributed by atoms with Crippen LogP contribution >= 0.6 is 0 Å². The van der Waals surface area contributed by atoms with E-state index in [1.54, 1.807) is 0 Å². The van der Waals surface area contributed by atoms with E-state index in [2.05, 4.69) is 44.7 Å². The van der Waals surface area contributed by atoms with Gasteiger partial charge in [-0.2, -0.15) is 0 Å². The number of imidazole rings is 1. The van der Waals surface area contributed by atoms with Crippen molar-refractivity contribution in [3.63, 3.8) is 0 Å². The second-order valence-electron chi connectivity index (χ2n) is 5.93. The van der Waals surface area contributed by atoms with Gasteiger partial charge in [-0.3, -0.25) is 4.90 Å². The highest BCUT2D eigenvalue weighted by molar-refractivity contribution is 5.75. The van der Waals surface area contributed by atoms with E-state index in [4.69, 9.17) is 4.98 Å². The van der Waals surface area contributed by atoms with Crippen molar-refractivity contribution >= 4 is 11.0 Å². The van der Waals surface area contributed by atoms with E-state index in [0.717, 1.165) is 43.2 Å². The summed E-state index contributed by atoms with van der Waals surface area (Å²) in [4.78, 5) is 16.1. The number of nitrogens with zero attached hydrogens (tertiary/aromatic N) is 5. The molecule has 1 aliphatic rings. The van der Waals surface area contributed by atoms with Crippen molar-refractivity contribution in [3.8, 4) is 0 Å². The molecule has 2 aromatic heterocycles. The van der Waals surface area contributed by atoms with Crippen LogP contribution in [0.4, 0.5) is 0 Å². The normalized spacial score (nSPS) is 15.2. The van der Waals surface area contributed by atoms with Crippen molar-refractivity contribution in [1.29, 1.82) is 0 Å². The van der Waals surface area contributed by atoms with E-state index in [1.807, 2.05) is 19.2 Å². The number of rotatable bonds is 2. The van der Waals surface area contributed by atoms with Crippen LogP contribution in [-0.2, 0) is 26.6 Å². The molecular weight excluding hydrogens is 274 g/mol. The first-order chi connectivity index (χ1) is 10.7. The Bertz CT molecular complexity index is 836. The second kappa shape index (κ2) is 5.18. The molecule has 0 bridgehead atoms. The van der Waals surface area contributed by atoms with E-state index in [9.17, 15) is 0 Å². The molecule has 0 N–H and O–H groups in total. The predicted octanol–water partition coefficient (Wildman–Crippen LogP) is 2.23. The Kier molecular flexibility index (Phi) is 3.15. The molecule has 0 saturated heterocycles. The van der Waals surface area contributed by atoms with E-state index in [0.29, 0.717) is 0 Å². The van der Waals surface area contributed by atoms with Gasteiger partial charge in [-0.05, 0) is 19.1 Å². The van der Waals surface area contributed by atoms with E-state index in [1.165, 1.54) is 16.8 Å². The standard InChI is InChI=1S/C17H19N5/c1-12-18-9-13-10-22(8-7-14(13)19-12)11-17-20-15-5-3-4-6-16(15)21(17)2/h3-6,9H,7-8,10-11H2,1-2H3. The van der Waals surface area contributed by atoms with Gasteiger partial charge in [0, 0.05) is 44.0 Å². The highest BCUT2D eigenvalue weighted by Gasteiger charge is 2.19. The van der Waals surface area contributed by atoms with Gasteiger partial charge in [-0.15, -0.1) is 0 Å². The van der Waals surface area contributed by atoms with Crippen LogP contribution < -0.4 is 0 Å². The van der Waals surface area contributed by atoms with Gasteiger partial charge < -0.3 is 4.57 Å². The zero-order chi connectivity index (χ0) is 15.1. The monoisotopic (exact) mass is 293 g/mol. The molecule has 0 saturated carbocycles. The lowest BCUT2D eigenvalue weighted by molar-refractivity contribution is 0.235. The summed E-state index contributed by atoms with van der Waals surface area (Å²) in [7, 11) is 2.09. The third-order valence-corrected chi connectivity index (χ3v) is 4.38. The lowest BCUT2D eigenvalue weighted by Gasteiger charge is -2.27. The first kappa shape index (κ1) is 13.4. The highest BCUT2D eigenvalue weighted by Crippen LogP contribution is 2.20. The van der Waals surface area contributed by atoms with Crippen LogP contribution in [0, 0.1) is 6.92 Å². The topological polar surface area (TPSA) is 46.8 Å². The smallest absolute Gasteiger partial charge is 0.125 e. The number of benzene rings is 1. The third-order valence-electron chi connectivity index (χ3n) is 4.38. The van der Waals surface area contributed by atoms with Gasteiger partial charge >= 0.3 is 0 Å². The Hall–Kier alpha value is -2.27. The number of hydrogen-bond acceptors (Lipinski definition) is 4. The minimum absolute atomic E-state index is 0.860. The van der Waals surface area contributed by atoms with Crippen LogP contribution in [0.25, 0.3) is 11.0 Å². The first-order valence-electron chi connectivity index (χ1n) is 7.65. The fourth-order valence-corrected chi connectivity index (χ4v) is 3.15. The molecule has 1 aliphatic heterocycles. The van der Waals surface area contributed by atoms with Crippen LogP contribution in [0.15, 0.2) is 30.5 Å². The van der Waals surface area contributed by atoms with Crippen molar-refractivity contribution in [1.82, 2.24) is 24.4 Å². The van der Waals surface area contributed by atoms with Gasteiger partial charge in [0.2, 0.25) is 0 Å². The molecule has 5 nitrogen and oxygen atoms in total. The van der Waals surface area contributed by atoms with Gasteiger partial charge in [0.15, 0.2) is 0 Å². The van der Waals surface area contributed by atoms with E-state index < -0.39 is 0 Å². The molecule has 1 aromatic carbocycles. The van der Waals surface area contributed by atoms with Crippen LogP contribution in [0.3, 0.4) is 0 Å². The maximum absolute atomic E-state index is 4.77. The summed E-state index contributed by atoms with van der Waals surface area (Å²) >= 11 is 0. The maximum atomic E-state index is 4.77. The average molecular weight is 293 g/mol. The lowest BCUT2D eigenvalue weighted by Crippen LogP contribution is -2.31. The Morgan fingerprint density at radius 2 is 2.05 bits per heavy atom. The molecule has 3 aromatic rings. The summed E-state index contributed by atoms with van der Waals surface area (Å²) in [5.74, 6) is 1.97. The average Bonchev–Trinajstić information content (AvgIpc) is 2.84. The summed E-state index contributed by atoms with van der Waals surface area (Å²) in [6.07, 6.45) is 2.96. The lowest BCUT2D eigenvalue weighted by atomic mass is 10.1. The molecule has 0 aliphatic carbocycles. The molecule has 0 atom stereocenters. The van der Waals surface area contributed by atoms with Gasteiger partial charge in [0.1, 0.15) is 11.6 Å². The molecule has 0 radical (unpaired) electrons. The molecule has 112 valence electrons. The molecule has 22 heavy (non-hydrogen) atoms. The Morgan fingerprint density at radius 1 is 1.18 bits per heavy atom. The number of hydrogen-bond donors (Lipinski definition) is 0.